The Kier molecular flexibility index (Phi) is 4.59. The minimum Gasteiger partial charge on any atom is -0.466 e. The smallest absolute Gasteiger partial charge is 0.306 e. The second-order valence-electron chi connectivity index (χ2n) is 6.25. The molecule has 0 bridgehead atoms. The van der Waals surface area contributed by atoms with E-state index in [0.29, 0.717) is 18.9 Å². The van der Waals surface area contributed by atoms with Crippen LogP contribution in [0.15, 0.2) is 12.4 Å². The van der Waals surface area contributed by atoms with Crippen LogP contribution < -0.4 is 0 Å². The summed E-state index contributed by atoms with van der Waals surface area (Å²) in [6.45, 7) is 2.25. The van der Waals surface area contributed by atoms with Gasteiger partial charge in [0, 0.05) is 24.4 Å². The van der Waals surface area contributed by atoms with Gasteiger partial charge in [-0.2, -0.15) is 5.10 Å². The topological polar surface area (TPSA) is 57.0 Å². The number of aromatic nitrogens is 3. The molecule has 5 nitrogen and oxygen atoms in total. The highest BCUT2D eigenvalue weighted by Gasteiger charge is 2.28. The van der Waals surface area contributed by atoms with Gasteiger partial charge in [-0.25, -0.2) is 9.37 Å². The summed E-state index contributed by atoms with van der Waals surface area (Å²) in [6, 6.07) is 0. The first-order chi connectivity index (χ1) is 11.1. The van der Waals surface area contributed by atoms with Gasteiger partial charge in [-0.15, -0.1) is 0 Å². The average Bonchev–Trinajstić information content (AvgIpc) is 2.90. The van der Waals surface area contributed by atoms with Gasteiger partial charge in [-0.3, -0.25) is 9.48 Å². The van der Waals surface area contributed by atoms with E-state index in [1.54, 1.807) is 10.9 Å². The number of hydrogen-bond donors (Lipinski definition) is 0. The standard InChI is InChI=1S/C17H22FN3O2/c1-3-23-15(22)8-11-4-6-12(7-5-11)16-13-9-20-21(2)17(13)19-10-14(16)18/h9-12H,3-8H2,1-2H3. The molecule has 1 fully saturated rings. The molecule has 0 atom stereocenters. The molecule has 2 aromatic heterocycles. The van der Waals surface area contributed by atoms with E-state index in [2.05, 4.69) is 10.1 Å². The van der Waals surface area contributed by atoms with Crippen molar-refractivity contribution in [2.24, 2.45) is 13.0 Å². The van der Waals surface area contributed by atoms with Crippen molar-refractivity contribution in [2.45, 2.75) is 44.9 Å². The Labute approximate surface area is 134 Å². The van der Waals surface area contributed by atoms with Crippen LogP contribution in [0.2, 0.25) is 0 Å². The number of halogens is 1. The Morgan fingerprint density at radius 1 is 1.35 bits per heavy atom. The normalized spacial score (nSPS) is 21.5. The molecular weight excluding hydrogens is 297 g/mol. The molecule has 0 saturated heterocycles. The lowest BCUT2D eigenvalue weighted by atomic mass is 9.77. The van der Waals surface area contributed by atoms with E-state index in [-0.39, 0.29) is 17.7 Å². The van der Waals surface area contributed by atoms with Crippen molar-refractivity contribution < 1.29 is 13.9 Å². The summed E-state index contributed by atoms with van der Waals surface area (Å²) in [7, 11) is 1.81. The zero-order chi connectivity index (χ0) is 16.4. The summed E-state index contributed by atoms with van der Waals surface area (Å²) >= 11 is 0. The van der Waals surface area contributed by atoms with Crippen LogP contribution in [-0.2, 0) is 16.6 Å². The van der Waals surface area contributed by atoms with Gasteiger partial charge in [-0.05, 0) is 44.4 Å². The molecule has 0 aliphatic heterocycles. The van der Waals surface area contributed by atoms with E-state index in [4.69, 9.17) is 4.74 Å². The van der Waals surface area contributed by atoms with Crippen LogP contribution in [-0.4, -0.2) is 27.3 Å². The fourth-order valence-corrected chi connectivity index (χ4v) is 3.62. The van der Waals surface area contributed by atoms with Gasteiger partial charge in [0.25, 0.3) is 0 Å². The third-order valence-electron chi connectivity index (χ3n) is 4.77. The molecule has 0 aromatic carbocycles. The molecule has 2 heterocycles. The van der Waals surface area contributed by atoms with Gasteiger partial charge in [0.1, 0.15) is 5.82 Å². The van der Waals surface area contributed by atoms with E-state index >= 15 is 0 Å². The number of fused-ring (bicyclic) bond motifs is 1. The Morgan fingerprint density at radius 3 is 2.78 bits per heavy atom. The fourth-order valence-electron chi connectivity index (χ4n) is 3.62. The summed E-state index contributed by atoms with van der Waals surface area (Å²) in [5, 5.41) is 5.00. The number of pyridine rings is 1. The molecule has 6 heteroatoms. The van der Waals surface area contributed by atoms with Crippen LogP contribution in [0.4, 0.5) is 4.39 Å². The van der Waals surface area contributed by atoms with E-state index < -0.39 is 0 Å². The number of ether oxygens (including phenoxy) is 1. The lowest BCUT2D eigenvalue weighted by Crippen LogP contribution is -2.18. The molecule has 1 aliphatic carbocycles. The van der Waals surface area contributed by atoms with Crippen molar-refractivity contribution in [1.82, 2.24) is 14.8 Å². The monoisotopic (exact) mass is 319 g/mol. The van der Waals surface area contributed by atoms with Gasteiger partial charge in [0.15, 0.2) is 5.65 Å². The summed E-state index contributed by atoms with van der Waals surface area (Å²) in [4.78, 5) is 15.7. The maximum absolute atomic E-state index is 14.3. The first-order valence-electron chi connectivity index (χ1n) is 8.21. The van der Waals surface area contributed by atoms with Crippen molar-refractivity contribution in [3.8, 4) is 0 Å². The first-order valence-corrected chi connectivity index (χ1v) is 8.21. The Balaban J connectivity index is 1.73. The van der Waals surface area contributed by atoms with Gasteiger partial charge in [0.05, 0.1) is 19.0 Å². The molecule has 0 unspecified atom stereocenters. The highest BCUT2D eigenvalue weighted by atomic mass is 19.1. The summed E-state index contributed by atoms with van der Waals surface area (Å²) in [5.41, 5.74) is 1.45. The minimum absolute atomic E-state index is 0.124. The Hall–Kier alpha value is -1.98. The van der Waals surface area contributed by atoms with Crippen LogP contribution in [0.25, 0.3) is 11.0 Å². The van der Waals surface area contributed by atoms with E-state index in [0.717, 1.165) is 42.3 Å². The zero-order valence-corrected chi connectivity index (χ0v) is 13.6. The van der Waals surface area contributed by atoms with Crippen molar-refractivity contribution in [3.05, 3.63) is 23.8 Å². The van der Waals surface area contributed by atoms with Gasteiger partial charge in [-0.1, -0.05) is 0 Å². The highest BCUT2D eigenvalue weighted by Crippen LogP contribution is 2.40. The quantitative estimate of drug-likeness (QED) is 0.811. The van der Waals surface area contributed by atoms with Crippen LogP contribution in [0, 0.1) is 11.7 Å². The zero-order valence-electron chi connectivity index (χ0n) is 13.6. The molecule has 0 N–H and O–H groups in total. The summed E-state index contributed by atoms with van der Waals surface area (Å²) in [6.07, 6.45) is 7.08. The molecule has 124 valence electrons. The molecule has 1 saturated carbocycles. The number of hydrogen-bond acceptors (Lipinski definition) is 4. The Morgan fingerprint density at radius 2 is 2.09 bits per heavy atom. The highest BCUT2D eigenvalue weighted by molar-refractivity contribution is 5.79. The predicted molar refractivity (Wildman–Crippen MR) is 84.4 cm³/mol. The molecule has 23 heavy (non-hydrogen) atoms. The second-order valence-corrected chi connectivity index (χ2v) is 6.25. The minimum atomic E-state index is -0.251. The van der Waals surface area contributed by atoms with E-state index in [9.17, 15) is 9.18 Å². The van der Waals surface area contributed by atoms with Gasteiger partial charge in [0.2, 0.25) is 0 Å². The lowest BCUT2D eigenvalue weighted by Gasteiger charge is -2.28. The Bertz CT molecular complexity index is 705. The van der Waals surface area contributed by atoms with Crippen molar-refractivity contribution in [2.75, 3.05) is 6.61 Å². The average molecular weight is 319 g/mol. The number of carbonyl (C=O) groups excluding carboxylic acids is 1. The second kappa shape index (κ2) is 6.64. The van der Waals surface area contributed by atoms with Crippen LogP contribution in [0.5, 0.6) is 0 Å². The van der Waals surface area contributed by atoms with Crippen molar-refractivity contribution in [1.29, 1.82) is 0 Å². The predicted octanol–water partition coefficient (Wildman–Crippen LogP) is 3.33. The van der Waals surface area contributed by atoms with Gasteiger partial charge < -0.3 is 4.74 Å². The molecular formula is C17H22FN3O2. The summed E-state index contributed by atoms with van der Waals surface area (Å²) in [5.74, 6) is 0.141. The van der Waals surface area contributed by atoms with E-state index in [1.807, 2.05) is 14.0 Å². The number of aryl methyl sites for hydroxylation is 1. The van der Waals surface area contributed by atoms with Crippen LogP contribution >= 0.6 is 0 Å². The molecule has 2 aromatic rings. The number of esters is 1. The molecule has 0 amide bonds. The van der Waals surface area contributed by atoms with Crippen LogP contribution in [0.3, 0.4) is 0 Å². The number of nitrogens with zero attached hydrogens (tertiary/aromatic N) is 3. The number of carbonyl (C=O) groups is 1. The molecule has 1 aliphatic rings. The maximum Gasteiger partial charge on any atom is 0.306 e. The fraction of sp³-hybridized carbons (Fsp3) is 0.588. The van der Waals surface area contributed by atoms with Crippen LogP contribution in [0.1, 0.15) is 50.5 Å². The van der Waals surface area contributed by atoms with Crippen molar-refractivity contribution in [3.63, 3.8) is 0 Å². The van der Waals surface area contributed by atoms with E-state index in [1.165, 1.54) is 6.20 Å². The molecule has 3 rings (SSSR count). The third kappa shape index (κ3) is 3.21. The maximum atomic E-state index is 14.3. The largest absolute Gasteiger partial charge is 0.466 e. The first kappa shape index (κ1) is 15.9. The molecule has 0 radical (unpaired) electrons. The SMILES string of the molecule is CCOC(=O)CC1CCC(c2c(F)cnc3c2cnn3C)CC1. The lowest BCUT2D eigenvalue weighted by molar-refractivity contribution is -0.144. The van der Waals surface area contributed by atoms with Crippen molar-refractivity contribution >= 4 is 17.0 Å². The molecule has 0 spiro atoms. The summed E-state index contributed by atoms with van der Waals surface area (Å²) < 4.78 is 21.0. The number of rotatable bonds is 4. The van der Waals surface area contributed by atoms with Gasteiger partial charge >= 0.3 is 5.97 Å². The third-order valence-corrected chi connectivity index (χ3v) is 4.77.